The molecule has 0 saturated carbocycles. The van der Waals surface area contributed by atoms with Gasteiger partial charge in [-0.15, -0.1) is 0 Å². The summed E-state index contributed by atoms with van der Waals surface area (Å²) >= 11 is 5.05. The molecular weight excluding hydrogens is 260 g/mol. The highest BCUT2D eigenvalue weighted by Crippen LogP contribution is 2.27. The quantitative estimate of drug-likeness (QED) is 0.478. The predicted molar refractivity (Wildman–Crippen MR) is 83.1 cm³/mol. The highest BCUT2D eigenvalue weighted by molar-refractivity contribution is 7.80. The largest absolute Gasteiger partial charge is 0.392 e. The number of nitrogens with two attached hydrogens (primary N) is 1. The van der Waals surface area contributed by atoms with Crippen LogP contribution in [-0.2, 0) is 9.53 Å². The average Bonchev–Trinajstić information content (AvgIpc) is 2.35. The van der Waals surface area contributed by atoms with Crippen LogP contribution in [0.2, 0.25) is 0 Å². The van der Waals surface area contributed by atoms with E-state index in [-0.39, 0.29) is 17.0 Å². The lowest BCUT2D eigenvalue weighted by Gasteiger charge is -2.28. The van der Waals surface area contributed by atoms with Gasteiger partial charge in [-0.25, -0.2) is 0 Å². The third kappa shape index (κ3) is 5.87. The van der Waals surface area contributed by atoms with Gasteiger partial charge in [0.1, 0.15) is 0 Å². The van der Waals surface area contributed by atoms with Crippen molar-refractivity contribution in [2.45, 2.75) is 59.5 Å². The Morgan fingerprint density at radius 1 is 1.32 bits per heavy atom. The maximum Gasteiger partial charge on any atom is 0.233 e. The summed E-state index contributed by atoms with van der Waals surface area (Å²) in [6, 6.07) is 0. The van der Waals surface area contributed by atoms with Crippen LogP contribution >= 0.6 is 12.2 Å². The number of amides is 1. The molecule has 0 aliphatic heterocycles. The monoisotopic (exact) mass is 288 g/mol. The summed E-state index contributed by atoms with van der Waals surface area (Å²) in [6.07, 6.45) is 3.38. The van der Waals surface area contributed by atoms with Crippen molar-refractivity contribution in [1.29, 1.82) is 0 Å². The highest BCUT2D eigenvalue weighted by Gasteiger charge is 2.37. The third-order valence-corrected chi connectivity index (χ3v) is 3.81. The Morgan fingerprint density at radius 2 is 1.89 bits per heavy atom. The number of rotatable bonds is 10. The minimum Gasteiger partial charge on any atom is -0.392 e. The van der Waals surface area contributed by atoms with Gasteiger partial charge in [0.15, 0.2) is 0 Å². The van der Waals surface area contributed by atoms with Gasteiger partial charge in [-0.05, 0) is 39.5 Å². The van der Waals surface area contributed by atoms with Gasteiger partial charge in [0, 0.05) is 13.2 Å². The van der Waals surface area contributed by atoms with Crippen LogP contribution in [-0.4, -0.2) is 30.2 Å². The van der Waals surface area contributed by atoms with Crippen LogP contribution < -0.4 is 11.1 Å². The van der Waals surface area contributed by atoms with E-state index in [1.54, 1.807) is 0 Å². The molecule has 4 nitrogen and oxygen atoms in total. The molecule has 0 saturated heterocycles. The van der Waals surface area contributed by atoms with E-state index in [0.717, 1.165) is 19.4 Å². The van der Waals surface area contributed by atoms with Crippen LogP contribution in [0.25, 0.3) is 0 Å². The molecule has 0 aliphatic rings. The summed E-state index contributed by atoms with van der Waals surface area (Å²) in [5.74, 6) is -0.0465. The van der Waals surface area contributed by atoms with Crippen molar-refractivity contribution in [3.63, 3.8) is 0 Å². The van der Waals surface area contributed by atoms with E-state index >= 15 is 0 Å². The third-order valence-electron chi connectivity index (χ3n) is 3.42. The number of hydrogen-bond donors (Lipinski definition) is 2. The summed E-state index contributed by atoms with van der Waals surface area (Å²) in [6.45, 7) is 9.29. The summed E-state index contributed by atoms with van der Waals surface area (Å²) in [5.41, 5.74) is 5.04. The van der Waals surface area contributed by atoms with Gasteiger partial charge in [-0.2, -0.15) is 0 Å². The molecule has 0 aromatic carbocycles. The van der Waals surface area contributed by atoms with E-state index in [4.69, 9.17) is 22.7 Å². The van der Waals surface area contributed by atoms with Gasteiger partial charge in [-0.1, -0.05) is 26.1 Å². The van der Waals surface area contributed by atoms with Crippen LogP contribution in [0.1, 0.15) is 53.4 Å². The van der Waals surface area contributed by atoms with Crippen molar-refractivity contribution in [2.75, 3.05) is 13.2 Å². The molecular formula is C14H28N2O2S. The smallest absolute Gasteiger partial charge is 0.233 e. The number of carbonyl (C=O) groups excluding carboxylic acids is 1. The molecule has 19 heavy (non-hydrogen) atoms. The molecule has 0 atom stereocenters. The lowest BCUT2D eigenvalue weighted by molar-refractivity contribution is -0.127. The molecule has 112 valence electrons. The maximum absolute atomic E-state index is 12.2. The Morgan fingerprint density at radius 3 is 2.32 bits per heavy atom. The second kappa shape index (κ2) is 9.26. The fraction of sp³-hybridized carbons (Fsp3) is 0.857. The summed E-state index contributed by atoms with van der Waals surface area (Å²) < 4.78 is 5.44. The molecule has 0 bridgehead atoms. The minimum atomic E-state index is -0.691. The molecule has 0 radical (unpaired) electrons. The van der Waals surface area contributed by atoms with Gasteiger partial charge in [0.25, 0.3) is 0 Å². The Balaban J connectivity index is 4.05. The fourth-order valence-electron chi connectivity index (χ4n) is 1.95. The first kappa shape index (κ1) is 18.3. The molecule has 0 aromatic heterocycles. The van der Waals surface area contributed by atoms with Gasteiger partial charge in [0.2, 0.25) is 5.91 Å². The summed E-state index contributed by atoms with van der Waals surface area (Å²) in [5, 5.41) is 2.93. The molecule has 3 N–H and O–H groups in total. The number of carbonyl (C=O) groups is 1. The Hall–Kier alpha value is -0.680. The van der Waals surface area contributed by atoms with Gasteiger partial charge in [-0.3, -0.25) is 4.79 Å². The number of unbranched alkanes of at least 4 members (excludes halogenated alkanes) is 1. The zero-order chi connectivity index (χ0) is 14.9. The van der Waals surface area contributed by atoms with E-state index < -0.39 is 5.41 Å². The van der Waals surface area contributed by atoms with Crippen molar-refractivity contribution in [3.05, 3.63) is 0 Å². The highest BCUT2D eigenvalue weighted by atomic mass is 32.1. The SMILES string of the molecule is CCC(CC)(C(=O)NCCCCOC(C)C)C(N)=S. The van der Waals surface area contributed by atoms with Gasteiger partial charge < -0.3 is 15.8 Å². The van der Waals surface area contributed by atoms with Crippen molar-refractivity contribution < 1.29 is 9.53 Å². The summed E-state index contributed by atoms with van der Waals surface area (Å²) in [7, 11) is 0. The lowest BCUT2D eigenvalue weighted by atomic mass is 9.81. The van der Waals surface area contributed by atoms with E-state index in [9.17, 15) is 4.79 Å². The Labute approximate surface area is 122 Å². The number of ether oxygens (including phenoxy) is 1. The van der Waals surface area contributed by atoms with Crippen molar-refractivity contribution >= 4 is 23.1 Å². The molecule has 0 spiro atoms. The lowest BCUT2D eigenvalue weighted by Crippen LogP contribution is -2.48. The number of hydrogen-bond acceptors (Lipinski definition) is 3. The molecule has 0 aromatic rings. The molecule has 0 aliphatic carbocycles. The van der Waals surface area contributed by atoms with Gasteiger partial charge >= 0.3 is 0 Å². The van der Waals surface area contributed by atoms with Crippen LogP contribution in [0.15, 0.2) is 0 Å². The van der Waals surface area contributed by atoms with Crippen LogP contribution in [0.4, 0.5) is 0 Å². The first-order valence-electron chi connectivity index (χ1n) is 7.10. The fourth-order valence-corrected chi connectivity index (χ4v) is 2.33. The second-order valence-electron chi connectivity index (χ2n) is 5.04. The first-order chi connectivity index (χ1) is 8.90. The minimum absolute atomic E-state index is 0.0465. The molecule has 0 fully saturated rings. The normalized spacial score (nSPS) is 11.6. The zero-order valence-electron chi connectivity index (χ0n) is 12.6. The Kier molecular flexibility index (Phi) is 8.93. The molecule has 1 amide bonds. The van der Waals surface area contributed by atoms with E-state index in [1.165, 1.54) is 0 Å². The average molecular weight is 288 g/mol. The molecule has 0 unspecified atom stereocenters. The van der Waals surface area contributed by atoms with Crippen molar-refractivity contribution in [2.24, 2.45) is 11.1 Å². The van der Waals surface area contributed by atoms with Crippen molar-refractivity contribution in [3.8, 4) is 0 Å². The number of thiocarbonyl (C=S) groups is 1. The van der Waals surface area contributed by atoms with E-state index in [0.29, 0.717) is 19.4 Å². The molecule has 5 heteroatoms. The second-order valence-corrected chi connectivity index (χ2v) is 5.48. The van der Waals surface area contributed by atoms with Crippen LogP contribution in [0, 0.1) is 5.41 Å². The topological polar surface area (TPSA) is 64.3 Å². The van der Waals surface area contributed by atoms with E-state index in [1.807, 2.05) is 27.7 Å². The standard InChI is InChI=1S/C14H28N2O2S/c1-5-14(6-2,12(15)19)13(17)16-9-7-8-10-18-11(3)4/h11H,5-10H2,1-4H3,(H2,15,19)(H,16,17). The van der Waals surface area contributed by atoms with Crippen LogP contribution in [0.5, 0.6) is 0 Å². The molecule has 0 heterocycles. The predicted octanol–water partition coefficient (Wildman–Crippen LogP) is 2.40. The maximum atomic E-state index is 12.2. The van der Waals surface area contributed by atoms with Crippen LogP contribution in [0.3, 0.4) is 0 Å². The number of nitrogens with one attached hydrogen (secondary N) is 1. The first-order valence-corrected chi connectivity index (χ1v) is 7.51. The molecule has 0 rings (SSSR count). The van der Waals surface area contributed by atoms with E-state index in [2.05, 4.69) is 5.32 Å². The Bertz CT molecular complexity index is 289. The summed E-state index contributed by atoms with van der Waals surface area (Å²) in [4.78, 5) is 12.5. The zero-order valence-corrected chi connectivity index (χ0v) is 13.4. The van der Waals surface area contributed by atoms with Crippen molar-refractivity contribution in [1.82, 2.24) is 5.32 Å². The van der Waals surface area contributed by atoms with Gasteiger partial charge in [0.05, 0.1) is 16.5 Å².